The zero-order valence-corrected chi connectivity index (χ0v) is 18.2. The van der Waals surface area contributed by atoms with Gasteiger partial charge in [-0.15, -0.1) is 0 Å². The molecule has 0 radical (unpaired) electrons. The van der Waals surface area contributed by atoms with E-state index in [1.165, 1.54) is 12.1 Å². The van der Waals surface area contributed by atoms with Gasteiger partial charge in [0, 0.05) is 55.0 Å². The third kappa shape index (κ3) is 5.35. The van der Waals surface area contributed by atoms with E-state index in [1.54, 1.807) is 23.1 Å². The minimum absolute atomic E-state index is 0.0620. The molecule has 1 amide bonds. The van der Waals surface area contributed by atoms with E-state index in [2.05, 4.69) is 0 Å². The predicted molar refractivity (Wildman–Crippen MR) is 115 cm³/mol. The van der Waals surface area contributed by atoms with Crippen LogP contribution in [-0.2, 0) is 17.5 Å². The molecule has 1 heterocycles. The number of anilines is 1. The Morgan fingerprint density at radius 1 is 1.06 bits per heavy atom. The van der Waals surface area contributed by atoms with Crippen LogP contribution in [0.4, 0.5) is 23.2 Å². The van der Waals surface area contributed by atoms with Crippen LogP contribution in [0.5, 0.6) is 0 Å². The largest absolute Gasteiger partial charge is 0.416 e. The molecule has 0 aromatic heterocycles. The van der Waals surface area contributed by atoms with Crippen LogP contribution in [0.15, 0.2) is 42.5 Å². The maximum absolute atomic E-state index is 14.2. The molecule has 2 aliphatic rings. The van der Waals surface area contributed by atoms with Crippen LogP contribution in [0.1, 0.15) is 24.0 Å². The van der Waals surface area contributed by atoms with Crippen LogP contribution < -0.4 is 4.90 Å². The number of alkyl halides is 3. The van der Waals surface area contributed by atoms with Gasteiger partial charge in [0.1, 0.15) is 5.82 Å². The van der Waals surface area contributed by atoms with Gasteiger partial charge in [0.15, 0.2) is 0 Å². The van der Waals surface area contributed by atoms with Gasteiger partial charge in [-0.05, 0) is 43.2 Å². The molecule has 0 bridgehead atoms. The number of benzene rings is 2. The molecule has 0 N–H and O–H groups in total. The molecule has 172 valence electrons. The van der Waals surface area contributed by atoms with E-state index in [4.69, 9.17) is 11.6 Å². The smallest absolute Gasteiger partial charge is 0.368 e. The summed E-state index contributed by atoms with van der Waals surface area (Å²) < 4.78 is 53.2. The lowest BCUT2D eigenvalue weighted by atomic mass is 10.1. The van der Waals surface area contributed by atoms with Gasteiger partial charge in [-0.1, -0.05) is 23.7 Å². The highest BCUT2D eigenvalue weighted by Crippen LogP contribution is 2.32. The van der Waals surface area contributed by atoms with Crippen LogP contribution in [-0.4, -0.2) is 54.5 Å². The van der Waals surface area contributed by atoms with Crippen molar-refractivity contribution in [3.05, 3.63) is 64.4 Å². The summed E-state index contributed by atoms with van der Waals surface area (Å²) in [6.07, 6.45) is -2.47. The maximum atomic E-state index is 14.2. The highest BCUT2D eigenvalue weighted by molar-refractivity contribution is 6.31. The van der Waals surface area contributed by atoms with E-state index in [-0.39, 0.29) is 30.9 Å². The summed E-state index contributed by atoms with van der Waals surface area (Å²) in [7, 11) is 0. The van der Waals surface area contributed by atoms with Crippen molar-refractivity contribution in [3.8, 4) is 0 Å². The van der Waals surface area contributed by atoms with Gasteiger partial charge in [0.2, 0.25) is 5.91 Å². The van der Waals surface area contributed by atoms with Gasteiger partial charge in [-0.2, -0.15) is 13.2 Å². The van der Waals surface area contributed by atoms with Gasteiger partial charge in [0.05, 0.1) is 12.1 Å². The van der Waals surface area contributed by atoms with Crippen LogP contribution in [0, 0.1) is 5.82 Å². The molecular formula is C23H24ClF4N3O. The summed E-state index contributed by atoms with van der Waals surface area (Å²) in [6.45, 7) is 2.19. The Bertz CT molecular complexity index is 952. The fourth-order valence-electron chi connectivity index (χ4n) is 4.01. The first-order valence-corrected chi connectivity index (χ1v) is 11.0. The Balaban J connectivity index is 1.36. The number of carbonyl (C=O) groups excluding carboxylic acids is 1. The molecule has 0 spiro atoms. The summed E-state index contributed by atoms with van der Waals surface area (Å²) in [5, 5.41) is 0.345. The number of halogens is 5. The monoisotopic (exact) mass is 469 g/mol. The highest BCUT2D eigenvalue weighted by Gasteiger charge is 2.34. The normalized spacial score (nSPS) is 17.2. The molecule has 4 rings (SSSR count). The SMILES string of the molecule is O=C(CN(Cc1c(F)cccc1Cl)C1CC1)N1CCN(c2cccc(C(F)(F)F)c2)CC1. The highest BCUT2D eigenvalue weighted by atomic mass is 35.5. The Morgan fingerprint density at radius 3 is 2.38 bits per heavy atom. The number of nitrogens with zero attached hydrogens (tertiary/aromatic N) is 3. The Labute approximate surface area is 189 Å². The molecule has 1 aliphatic heterocycles. The van der Waals surface area contributed by atoms with E-state index in [0.717, 1.165) is 25.0 Å². The van der Waals surface area contributed by atoms with Crippen LogP contribution in [0.25, 0.3) is 0 Å². The predicted octanol–water partition coefficient (Wildman–Crippen LogP) is 4.81. The lowest BCUT2D eigenvalue weighted by molar-refractivity contribution is -0.137. The minimum Gasteiger partial charge on any atom is -0.368 e. The van der Waals surface area contributed by atoms with Gasteiger partial charge in [0.25, 0.3) is 0 Å². The molecule has 4 nitrogen and oxygen atoms in total. The standard InChI is InChI=1S/C23H24ClF4N3O/c24-20-5-2-6-21(25)19(20)14-31(17-7-8-17)15-22(32)30-11-9-29(10-12-30)18-4-1-3-16(13-18)23(26,27)28/h1-6,13,17H,7-12,14-15H2. The van der Waals surface area contributed by atoms with Crippen molar-refractivity contribution in [1.29, 1.82) is 0 Å². The number of piperazine rings is 1. The first-order chi connectivity index (χ1) is 15.2. The van der Waals surface area contributed by atoms with E-state index in [0.29, 0.717) is 42.5 Å². The molecule has 0 atom stereocenters. The van der Waals surface area contributed by atoms with Crippen molar-refractivity contribution in [3.63, 3.8) is 0 Å². The van der Waals surface area contributed by atoms with Gasteiger partial charge < -0.3 is 9.80 Å². The number of hydrogen-bond donors (Lipinski definition) is 0. The lowest BCUT2D eigenvalue weighted by Gasteiger charge is -2.37. The van der Waals surface area contributed by atoms with Crippen molar-refractivity contribution in [1.82, 2.24) is 9.80 Å². The quantitative estimate of drug-likeness (QED) is 0.568. The Hall–Kier alpha value is -2.32. The van der Waals surface area contributed by atoms with Crippen molar-refractivity contribution in [2.75, 3.05) is 37.6 Å². The number of hydrogen-bond acceptors (Lipinski definition) is 3. The molecule has 32 heavy (non-hydrogen) atoms. The first-order valence-electron chi connectivity index (χ1n) is 10.6. The molecule has 0 unspecified atom stereocenters. The van der Waals surface area contributed by atoms with E-state index < -0.39 is 11.7 Å². The third-order valence-electron chi connectivity index (χ3n) is 6.00. The van der Waals surface area contributed by atoms with E-state index in [9.17, 15) is 22.4 Å². The Kier molecular flexibility index (Phi) is 6.62. The summed E-state index contributed by atoms with van der Waals surface area (Å²) in [5.74, 6) is -0.446. The number of carbonyl (C=O) groups is 1. The average Bonchev–Trinajstić information content (AvgIpc) is 3.60. The fourth-order valence-corrected chi connectivity index (χ4v) is 4.23. The minimum atomic E-state index is -4.39. The van der Waals surface area contributed by atoms with Crippen LogP contribution >= 0.6 is 11.6 Å². The second kappa shape index (κ2) is 9.27. The zero-order chi connectivity index (χ0) is 22.9. The summed E-state index contributed by atoms with van der Waals surface area (Å²) >= 11 is 6.16. The molecule has 9 heteroatoms. The molecule has 1 saturated carbocycles. The second-order valence-electron chi connectivity index (χ2n) is 8.25. The van der Waals surface area contributed by atoms with Gasteiger partial charge >= 0.3 is 6.18 Å². The third-order valence-corrected chi connectivity index (χ3v) is 6.35. The maximum Gasteiger partial charge on any atom is 0.416 e. The molecule has 1 aliphatic carbocycles. The van der Waals surface area contributed by atoms with Crippen LogP contribution in [0.2, 0.25) is 5.02 Å². The van der Waals surface area contributed by atoms with Crippen molar-refractivity contribution >= 4 is 23.2 Å². The van der Waals surface area contributed by atoms with Gasteiger partial charge in [-0.3, -0.25) is 9.69 Å². The molecule has 2 aromatic carbocycles. The van der Waals surface area contributed by atoms with Crippen molar-refractivity contribution in [2.24, 2.45) is 0 Å². The lowest BCUT2D eigenvalue weighted by Crippen LogP contribution is -2.51. The summed E-state index contributed by atoms with van der Waals surface area (Å²) in [5.41, 5.74) is 0.212. The van der Waals surface area contributed by atoms with E-state index >= 15 is 0 Å². The van der Waals surface area contributed by atoms with Crippen LogP contribution in [0.3, 0.4) is 0 Å². The second-order valence-corrected chi connectivity index (χ2v) is 8.66. The molecular weight excluding hydrogens is 446 g/mol. The molecule has 2 aromatic rings. The molecule has 1 saturated heterocycles. The summed E-state index contributed by atoms with van der Waals surface area (Å²) in [6, 6.07) is 10.0. The average molecular weight is 470 g/mol. The van der Waals surface area contributed by atoms with Crippen molar-refractivity contribution in [2.45, 2.75) is 31.6 Å². The number of amides is 1. The van der Waals surface area contributed by atoms with E-state index in [1.807, 2.05) is 9.80 Å². The number of rotatable bonds is 6. The molecule has 2 fully saturated rings. The van der Waals surface area contributed by atoms with Gasteiger partial charge in [-0.25, -0.2) is 4.39 Å². The van der Waals surface area contributed by atoms with Crippen molar-refractivity contribution < 1.29 is 22.4 Å². The topological polar surface area (TPSA) is 26.8 Å². The Morgan fingerprint density at radius 2 is 1.75 bits per heavy atom. The summed E-state index contributed by atoms with van der Waals surface area (Å²) in [4.78, 5) is 18.5. The zero-order valence-electron chi connectivity index (χ0n) is 17.4. The fraction of sp³-hybridized carbons (Fsp3) is 0.435. The first kappa shape index (κ1) is 22.9.